The molecule has 1 aromatic rings. The predicted molar refractivity (Wildman–Crippen MR) is 51.6 cm³/mol. The monoisotopic (exact) mass is 218 g/mol. The van der Waals surface area contributed by atoms with E-state index >= 15 is 0 Å². The fourth-order valence-corrected chi connectivity index (χ4v) is 1.50. The molecule has 0 saturated heterocycles. The van der Waals surface area contributed by atoms with E-state index in [2.05, 4.69) is 0 Å². The number of halogens is 3. The molecule has 0 bridgehead atoms. The lowest BCUT2D eigenvalue weighted by Crippen LogP contribution is -2.21. The van der Waals surface area contributed by atoms with Crippen molar-refractivity contribution in [1.29, 1.82) is 0 Å². The number of rotatable bonds is 4. The Morgan fingerprint density at radius 2 is 1.73 bits per heavy atom. The largest absolute Gasteiger partial charge is 0.396 e. The third kappa shape index (κ3) is 3.55. The zero-order chi connectivity index (χ0) is 11.3. The Labute approximate surface area is 86.5 Å². The molecule has 0 aliphatic heterocycles. The Morgan fingerprint density at radius 1 is 1.13 bits per heavy atom. The van der Waals surface area contributed by atoms with Crippen LogP contribution in [0, 0.1) is 0 Å². The van der Waals surface area contributed by atoms with Crippen molar-refractivity contribution in [3.63, 3.8) is 0 Å². The van der Waals surface area contributed by atoms with Gasteiger partial charge in [0, 0.05) is 6.61 Å². The van der Waals surface area contributed by atoms with E-state index in [9.17, 15) is 13.2 Å². The molecule has 0 heterocycles. The van der Waals surface area contributed by atoms with E-state index in [0.717, 1.165) is 0 Å². The Kier molecular flexibility index (Phi) is 4.15. The van der Waals surface area contributed by atoms with E-state index in [-0.39, 0.29) is 25.0 Å². The standard InChI is InChI=1S/C11H13F3O/c12-11(13,14)10(7-4-8-15)9-5-2-1-3-6-9/h1-3,5-6,10,15H,4,7-8H2. The molecule has 1 rings (SSSR count). The highest BCUT2D eigenvalue weighted by Gasteiger charge is 2.39. The van der Waals surface area contributed by atoms with Gasteiger partial charge in [0.2, 0.25) is 0 Å². The molecule has 15 heavy (non-hydrogen) atoms. The third-order valence-electron chi connectivity index (χ3n) is 2.25. The first kappa shape index (κ1) is 12.0. The fourth-order valence-electron chi connectivity index (χ4n) is 1.50. The SMILES string of the molecule is OCCCC(c1ccccc1)C(F)(F)F. The molecule has 0 fully saturated rings. The fraction of sp³-hybridized carbons (Fsp3) is 0.455. The van der Waals surface area contributed by atoms with Gasteiger partial charge < -0.3 is 5.11 Å². The molecule has 0 aromatic heterocycles. The van der Waals surface area contributed by atoms with Gasteiger partial charge in [0.25, 0.3) is 0 Å². The van der Waals surface area contributed by atoms with Crippen molar-refractivity contribution in [3.05, 3.63) is 35.9 Å². The maximum atomic E-state index is 12.6. The Balaban J connectivity index is 2.82. The number of alkyl halides is 3. The van der Waals surface area contributed by atoms with E-state index in [0.29, 0.717) is 0 Å². The van der Waals surface area contributed by atoms with Crippen LogP contribution >= 0.6 is 0 Å². The number of aliphatic hydroxyl groups excluding tert-OH is 1. The van der Waals surface area contributed by atoms with Crippen LogP contribution in [0.15, 0.2) is 30.3 Å². The molecule has 1 aromatic carbocycles. The third-order valence-corrected chi connectivity index (χ3v) is 2.25. The van der Waals surface area contributed by atoms with Crippen LogP contribution in [0.3, 0.4) is 0 Å². The van der Waals surface area contributed by atoms with E-state index < -0.39 is 12.1 Å². The van der Waals surface area contributed by atoms with Crippen LogP contribution < -0.4 is 0 Å². The lowest BCUT2D eigenvalue weighted by atomic mass is 9.94. The highest BCUT2D eigenvalue weighted by Crippen LogP contribution is 2.37. The summed E-state index contributed by atoms with van der Waals surface area (Å²) in [6.07, 6.45) is -4.14. The Hall–Kier alpha value is -1.03. The minimum absolute atomic E-state index is 0.0655. The molecule has 0 aliphatic rings. The first-order valence-corrected chi connectivity index (χ1v) is 4.78. The maximum Gasteiger partial charge on any atom is 0.395 e. The van der Waals surface area contributed by atoms with Crippen molar-refractivity contribution in [2.45, 2.75) is 24.9 Å². The van der Waals surface area contributed by atoms with Crippen molar-refractivity contribution >= 4 is 0 Å². The second kappa shape index (κ2) is 5.16. The van der Waals surface area contributed by atoms with E-state index in [4.69, 9.17) is 5.11 Å². The summed E-state index contributed by atoms with van der Waals surface area (Å²) >= 11 is 0. The quantitative estimate of drug-likeness (QED) is 0.823. The molecule has 0 aliphatic carbocycles. The summed E-state index contributed by atoms with van der Waals surface area (Å²) in [5, 5.41) is 8.56. The average molecular weight is 218 g/mol. The van der Waals surface area contributed by atoms with Gasteiger partial charge in [-0.1, -0.05) is 30.3 Å². The molecular weight excluding hydrogens is 205 g/mol. The van der Waals surface area contributed by atoms with Gasteiger partial charge >= 0.3 is 6.18 Å². The van der Waals surface area contributed by atoms with E-state index in [1.165, 1.54) is 12.1 Å². The molecule has 84 valence electrons. The van der Waals surface area contributed by atoms with Crippen molar-refractivity contribution in [2.75, 3.05) is 6.61 Å². The zero-order valence-electron chi connectivity index (χ0n) is 8.17. The molecule has 0 spiro atoms. The van der Waals surface area contributed by atoms with Gasteiger partial charge in [0.15, 0.2) is 0 Å². The van der Waals surface area contributed by atoms with Crippen LogP contribution in [0.4, 0.5) is 13.2 Å². The summed E-state index contributed by atoms with van der Waals surface area (Å²) in [5.74, 6) is -1.47. The summed E-state index contributed by atoms with van der Waals surface area (Å²) in [4.78, 5) is 0. The first-order valence-electron chi connectivity index (χ1n) is 4.78. The molecule has 1 unspecified atom stereocenters. The molecule has 1 N–H and O–H groups in total. The van der Waals surface area contributed by atoms with Gasteiger partial charge in [-0.2, -0.15) is 13.2 Å². The number of benzene rings is 1. The van der Waals surface area contributed by atoms with Gasteiger partial charge in [-0.05, 0) is 18.4 Å². The summed E-state index contributed by atoms with van der Waals surface area (Å²) in [7, 11) is 0. The van der Waals surface area contributed by atoms with Gasteiger partial charge in [-0.3, -0.25) is 0 Å². The van der Waals surface area contributed by atoms with Crippen LogP contribution in [0.2, 0.25) is 0 Å². The molecule has 0 amide bonds. The topological polar surface area (TPSA) is 20.2 Å². The van der Waals surface area contributed by atoms with Crippen LogP contribution in [0.25, 0.3) is 0 Å². The van der Waals surface area contributed by atoms with Gasteiger partial charge in [0.05, 0.1) is 5.92 Å². The van der Waals surface area contributed by atoms with Gasteiger partial charge in [-0.25, -0.2) is 0 Å². The Bertz CT molecular complexity index is 282. The van der Waals surface area contributed by atoms with Crippen molar-refractivity contribution in [2.24, 2.45) is 0 Å². The smallest absolute Gasteiger partial charge is 0.395 e. The van der Waals surface area contributed by atoms with Crippen LogP contribution in [-0.4, -0.2) is 17.9 Å². The second-order valence-electron chi connectivity index (χ2n) is 3.37. The van der Waals surface area contributed by atoms with Crippen molar-refractivity contribution in [3.8, 4) is 0 Å². The van der Waals surface area contributed by atoms with Gasteiger partial charge in [-0.15, -0.1) is 0 Å². The van der Waals surface area contributed by atoms with Crippen molar-refractivity contribution in [1.82, 2.24) is 0 Å². The highest BCUT2D eigenvalue weighted by molar-refractivity contribution is 5.20. The van der Waals surface area contributed by atoms with Gasteiger partial charge in [0.1, 0.15) is 0 Å². The lowest BCUT2D eigenvalue weighted by Gasteiger charge is -2.20. The first-order chi connectivity index (χ1) is 7.05. The summed E-state index contributed by atoms with van der Waals surface area (Å²) < 4.78 is 37.9. The molecule has 4 heteroatoms. The predicted octanol–water partition coefficient (Wildman–Crippen LogP) is 3.11. The van der Waals surface area contributed by atoms with Crippen molar-refractivity contribution < 1.29 is 18.3 Å². The molecule has 0 radical (unpaired) electrons. The number of hydrogen-bond donors (Lipinski definition) is 1. The second-order valence-corrected chi connectivity index (χ2v) is 3.37. The van der Waals surface area contributed by atoms with E-state index in [1.807, 2.05) is 0 Å². The van der Waals surface area contributed by atoms with Crippen LogP contribution in [-0.2, 0) is 0 Å². The molecular formula is C11H13F3O. The summed E-state index contributed by atoms with van der Waals surface area (Å²) in [5.41, 5.74) is 0.262. The summed E-state index contributed by atoms with van der Waals surface area (Å²) in [6, 6.07) is 7.80. The minimum Gasteiger partial charge on any atom is -0.396 e. The Morgan fingerprint density at radius 3 is 2.20 bits per heavy atom. The minimum atomic E-state index is -4.24. The van der Waals surface area contributed by atoms with Crippen LogP contribution in [0.1, 0.15) is 24.3 Å². The molecule has 1 nitrogen and oxygen atoms in total. The molecule has 1 atom stereocenters. The normalized spacial score (nSPS) is 13.9. The highest BCUT2D eigenvalue weighted by atomic mass is 19.4. The zero-order valence-corrected chi connectivity index (χ0v) is 8.17. The number of aliphatic hydroxyl groups is 1. The van der Waals surface area contributed by atoms with E-state index in [1.54, 1.807) is 18.2 Å². The average Bonchev–Trinajstić information content (AvgIpc) is 2.18. The molecule has 0 saturated carbocycles. The number of hydrogen-bond acceptors (Lipinski definition) is 1. The lowest BCUT2D eigenvalue weighted by molar-refractivity contribution is -0.152. The van der Waals surface area contributed by atoms with Crippen LogP contribution in [0.5, 0.6) is 0 Å². The maximum absolute atomic E-state index is 12.6. The summed E-state index contributed by atoms with van der Waals surface area (Å²) in [6.45, 7) is -0.209.